The van der Waals surface area contributed by atoms with Crippen LogP contribution in [0.4, 0.5) is 10.8 Å². The molecule has 0 fully saturated rings. The van der Waals surface area contributed by atoms with Crippen LogP contribution >= 0.6 is 11.3 Å². The van der Waals surface area contributed by atoms with Gasteiger partial charge >= 0.3 is 5.97 Å². The lowest BCUT2D eigenvalue weighted by Crippen LogP contribution is -2.30. The van der Waals surface area contributed by atoms with Crippen LogP contribution in [0.15, 0.2) is 60.0 Å². The van der Waals surface area contributed by atoms with E-state index in [0.29, 0.717) is 10.8 Å². The van der Waals surface area contributed by atoms with Gasteiger partial charge in [0.1, 0.15) is 5.56 Å². The van der Waals surface area contributed by atoms with Crippen LogP contribution in [0, 0.1) is 10.1 Å². The van der Waals surface area contributed by atoms with Crippen molar-refractivity contribution in [2.24, 2.45) is 0 Å². The number of rotatable bonds is 6. The predicted octanol–water partition coefficient (Wildman–Crippen LogP) is 3.90. The average Bonchev–Trinajstić information content (AvgIpc) is 3.17. The zero-order chi connectivity index (χ0) is 20.1. The summed E-state index contributed by atoms with van der Waals surface area (Å²) in [6, 6.07) is 14.9. The molecule has 0 saturated heterocycles. The largest absolute Gasteiger partial charge is 0.449 e. The molecule has 1 unspecified atom stereocenters. The zero-order valence-corrected chi connectivity index (χ0v) is 15.5. The van der Waals surface area contributed by atoms with E-state index in [1.54, 1.807) is 5.38 Å². The van der Waals surface area contributed by atoms with Crippen molar-refractivity contribution in [3.8, 4) is 11.3 Å². The van der Waals surface area contributed by atoms with Gasteiger partial charge in [-0.15, -0.1) is 11.3 Å². The molecule has 9 heteroatoms. The number of carbonyl (C=O) groups is 2. The Bertz CT molecular complexity index is 1020. The number of benzene rings is 2. The quantitative estimate of drug-likeness (QED) is 0.383. The number of para-hydroxylation sites is 1. The van der Waals surface area contributed by atoms with E-state index in [-0.39, 0.29) is 11.3 Å². The Balaban J connectivity index is 1.65. The third-order valence-electron chi connectivity index (χ3n) is 3.78. The number of carbonyl (C=O) groups excluding carboxylic acids is 2. The van der Waals surface area contributed by atoms with E-state index in [4.69, 9.17) is 4.74 Å². The van der Waals surface area contributed by atoms with Crippen LogP contribution in [0.3, 0.4) is 0 Å². The first-order valence-electron chi connectivity index (χ1n) is 8.22. The van der Waals surface area contributed by atoms with Crippen molar-refractivity contribution in [2.45, 2.75) is 13.0 Å². The lowest BCUT2D eigenvalue weighted by Gasteiger charge is -2.12. The number of thiazole rings is 1. The maximum absolute atomic E-state index is 12.3. The molecule has 0 aliphatic heterocycles. The first-order valence-corrected chi connectivity index (χ1v) is 9.10. The summed E-state index contributed by atoms with van der Waals surface area (Å²) in [7, 11) is 0. The van der Waals surface area contributed by atoms with E-state index in [9.17, 15) is 19.7 Å². The van der Waals surface area contributed by atoms with Crippen LogP contribution in [-0.2, 0) is 9.53 Å². The standard InChI is InChI=1S/C19H15N3O5S/c1-12(27-18(24)14-9-5-6-10-16(14)22(25)26)17(23)21-19-20-15(11-28-19)13-7-3-2-4-8-13/h2-12H,1H3,(H,20,21,23). The minimum atomic E-state index is -1.16. The first kappa shape index (κ1) is 19.2. The molecule has 0 aliphatic rings. The van der Waals surface area contributed by atoms with Gasteiger partial charge in [0.25, 0.3) is 11.6 Å². The molecule has 142 valence electrons. The highest BCUT2D eigenvalue weighted by Crippen LogP contribution is 2.25. The van der Waals surface area contributed by atoms with Gasteiger partial charge in [0.2, 0.25) is 0 Å². The second kappa shape index (κ2) is 8.40. The predicted molar refractivity (Wildman–Crippen MR) is 104 cm³/mol. The van der Waals surface area contributed by atoms with Crippen molar-refractivity contribution >= 4 is 34.0 Å². The maximum Gasteiger partial charge on any atom is 0.345 e. The highest BCUT2D eigenvalue weighted by atomic mass is 32.1. The molecule has 0 aliphatic carbocycles. The number of nitrogens with zero attached hydrogens (tertiary/aromatic N) is 2. The van der Waals surface area contributed by atoms with E-state index in [2.05, 4.69) is 10.3 Å². The van der Waals surface area contributed by atoms with Crippen molar-refractivity contribution in [1.82, 2.24) is 4.98 Å². The fourth-order valence-corrected chi connectivity index (χ4v) is 3.09. The van der Waals surface area contributed by atoms with E-state index >= 15 is 0 Å². The Morgan fingerprint density at radius 1 is 1.14 bits per heavy atom. The maximum atomic E-state index is 12.3. The number of nitrogens with one attached hydrogen (secondary N) is 1. The Morgan fingerprint density at radius 2 is 1.82 bits per heavy atom. The molecule has 1 heterocycles. The molecule has 2 aromatic carbocycles. The topological polar surface area (TPSA) is 111 Å². The Hall–Kier alpha value is -3.59. The van der Waals surface area contributed by atoms with Gasteiger partial charge in [-0.2, -0.15) is 0 Å². The average molecular weight is 397 g/mol. The van der Waals surface area contributed by atoms with E-state index in [0.717, 1.165) is 5.56 Å². The number of esters is 1. The smallest absolute Gasteiger partial charge is 0.345 e. The molecular weight excluding hydrogens is 382 g/mol. The molecule has 0 spiro atoms. The highest BCUT2D eigenvalue weighted by Gasteiger charge is 2.25. The summed E-state index contributed by atoms with van der Waals surface area (Å²) in [6.07, 6.45) is -1.16. The second-order valence-electron chi connectivity index (χ2n) is 5.71. The number of ether oxygens (including phenoxy) is 1. The molecule has 1 atom stereocenters. The summed E-state index contributed by atoms with van der Waals surface area (Å²) in [4.78, 5) is 39.2. The van der Waals surface area contributed by atoms with Gasteiger partial charge in [-0.1, -0.05) is 42.5 Å². The van der Waals surface area contributed by atoms with Crippen LogP contribution < -0.4 is 5.32 Å². The third-order valence-corrected chi connectivity index (χ3v) is 4.54. The van der Waals surface area contributed by atoms with Crippen molar-refractivity contribution in [1.29, 1.82) is 0 Å². The summed E-state index contributed by atoms with van der Waals surface area (Å²) in [6.45, 7) is 1.38. The first-order chi connectivity index (χ1) is 13.5. The summed E-state index contributed by atoms with van der Waals surface area (Å²) in [5.74, 6) is -1.53. The molecule has 0 saturated carbocycles. The molecular formula is C19H15N3O5S. The van der Waals surface area contributed by atoms with Crippen molar-refractivity contribution in [2.75, 3.05) is 5.32 Å². The number of anilines is 1. The fourth-order valence-electron chi connectivity index (χ4n) is 2.36. The van der Waals surface area contributed by atoms with Gasteiger partial charge in [-0.3, -0.25) is 20.2 Å². The summed E-state index contributed by atoms with van der Waals surface area (Å²) in [5.41, 5.74) is 1.03. The number of hydrogen-bond acceptors (Lipinski definition) is 7. The van der Waals surface area contributed by atoms with E-state index in [1.807, 2.05) is 30.3 Å². The minimum absolute atomic E-state index is 0.215. The SMILES string of the molecule is CC(OC(=O)c1ccccc1[N+](=O)[O-])C(=O)Nc1nc(-c2ccccc2)cs1. The van der Waals surface area contributed by atoms with Crippen molar-refractivity contribution < 1.29 is 19.2 Å². The van der Waals surface area contributed by atoms with Gasteiger partial charge in [0.15, 0.2) is 11.2 Å². The van der Waals surface area contributed by atoms with Gasteiger partial charge in [0.05, 0.1) is 10.6 Å². The molecule has 1 aromatic heterocycles. The molecule has 28 heavy (non-hydrogen) atoms. The molecule has 1 N–H and O–H groups in total. The molecule has 3 rings (SSSR count). The van der Waals surface area contributed by atoms with E-state index < -0.39 is 22.9 Å². The van der Waals surface area contributed by atoms with Crippen LogP contribution in [0.25, 0.3) is 11.3 Å². The van der Waals surface area contributed by atoms with Gasteiger partial charge in [-0.05, 0) is 13.0 Å². The van der Waals surface area contributed by atoms with Crippen LogP contribution in [0.1, 0.15) is 17.3 Å². The van der Waals surface area contributed by atoms with Gasteiger partial charge in [-0.25, -0.2) is 9.78 Å². The second-order valence-corrected chi connectivity index (χ2v) is 6.57. The fraction of sp³-hybridized carbons (Fsp3) is 0.105. The van der Waals surface area contributed by atoms with Crippen molar-refractivity contribution in [3.63, 3.8) is 0 Å². The number of aromatic nitrogens is 1. The Labute approximate surface area is 164 Å². The molecule has 0 radical (unpaired) electrons. The molecule has 3 aromatic rings. The summed E-state index contributed by atoms with van der Waals surface area (Å²) in [5, 5.41) is 15.8. The molecule has 8 nitrogen and oxygen atoms in total. The van der Waals surface area contributed by atoms with E-state index in [1.165, 1.54) is 42.5 Å². The van der Waals surface area contributed by atoms with Crippen LogP contribution in [-0.4, -0.2) is 27.9 Å². The Morgan fingerprint density at radius 3 is 2.54 bits per heavy atom. The normalized spacial score (nSPS) is 11.5. The minimum Gasteiger partial charge on any atom is -0.449 e. The Kier molecular flexibility index (Phi) is 5.75. The summed E-state index contributed by atoms with van der Waals surface area (Å²) >= 11 is 1.24. The van der Waals surface area contributed by atoms with Crippen molar-refractivity contribution in [3.05, 3.63) is 75.7 Å². The van der Waals surface area contributed by atoms with Crippen LogP contribution in [0.2, 0.25) is 0 Å². The molecule has 0 bridgehead atoms. The number of hydrogen-bond donors (Lipinski definition) is 1. The number of nitro benzene ring substituents is 1. The van der Waals surface area contributed by atoms with Gasteiger partial charge < -0.3 is 4.74 Å². The number of amides is 1. The van der Waals surface area contributed by atoms with Gasteiger partial charge in [0, 0.05) is 17.0 Å². The lowest BCUT2D eigenvalue weighted by molar-refractivity contribution is -0.385. The monoisotopic (exact) mass is 397 g/mol. The third kappa shape index (κ3) is 4.38. The number of nitro groups is 1. The summed E-state index contributed by atoms with van der Waals surface area (Å²) < 4.78 is 5.07. The molecule has 1 amide bonds. The zero-order valence-electron chi connectivity index (χ0n) is 14.7. The lowest BCUT2D eigenvalue weighted by atomic mass is 10.2. The van der Waals surface area contributed by atoms with Crippen LogP contribution in [0.5, 0.6) is 0 Å². The highest BCUT2D eigenvalue weighted by molar-refractivity contribution is 7.14.